The fourth-order valence-corrected chi connectivity index (χ4v) is 2.55. The molecule has 132 valence electrons. The lowest BCUT2D eigenvalue weighted by molar-refractivity contribution is -0.0887. The van der Waals surface area contributed by atoms with Crippen LogP contribution in [0.4, 0.5) is 13.2 Å². The molecule has 2 aromatic rings. The molecule has 2 rings (SSSR count). The molecule has 0 aliphatic rings. The predicted molar refractivity (Wildman–Crippen MR) is 90.4 cm³/mol. The van der Waals surface area contributed by atoms with E-state index in [0.717, 1.165) is 5.56 Å². The lowest BCUT2D eigenvalue weighted by atomic mass is 9.98. The van der Waals surface area contributed by atoms with Gasteiger partial charge in [-0.05, 0) is 32.4 Å². The largest absolute Gasteiger partial charge is 0.418 e. The lowest BCUT2D eigenvalue weighted by Gasteiger charge is -2.15. The van der Waals surface area contributed by atoms with Gasteiger partial charge in [-0.2, -0.15) is 13.2 Å². The summed E-state index contributed by atoms with van der Waals surface area (Å²) in [5, 5.41) is 3.87. The van der Waals surface area contributed by atoms with Gasteiger partial charge in [-0.1, -0.05) is 30.5 Å². The van der Waals surface area contributed by atoms with E-state index in [0.29, 0.717) is 34.5 Å². The number of nitrogens with zero attached hydrogens (tertiary/aromatic N) is 2. The van der Waals surface area contributed by atoms with Crippen molar-refractivity contribution in [2.75, 3.05) is 0 Å². The number of alkyl halides is 3. The van der Waals surface area contributed by atoms with Gasteiger partial charge in [0.25, 0.3) is 0 Å². The normalized spacial score (nSPS) is 12.7. The summed E-state index contributed by atoms with van der Waals surface area (Å²) in [6, 6.07) is 3.31. The van der Waals surface area contributed by atoms with E-state index in [1.807, 2.05) is 0 Å². The standard InChI is InChI=1S/C18H18F3N3O/c1-6-14(18(19,20)21)17(22)9(2)13-7-8-15(23-10(13)3)16-11(4)24-25-12(16)5/h6-8H,1-2,22H2,3-5H3/b17-14+. The molecule has 0 bridgehead atoms. The first-order valence-electron chi connectivity index (χ1n) is 7.37. The van der Waals surface area contributed by atoms with E-state index in [4.69, 9.17) is 10.3 Å². The zero-order chi connectivity index (χ0) is 18.9. The van der Waals surface area contributed by atoms with Gasteiger partial charge >= 0.3 is 6.18 Å². The average molecular weight is 349 g/mol. The zero-order valence-electron chi connectivity index (χ0n) is 14.2. The van der Waals surface area contributed by atoms with Crippen LogP contribution in [0.5, 0.6) is 0 Å². The molecular weight excluding hydrogens is 331 g/mol. The Bertz CT molecular complexity index is 857. The van der Waals surface area contributed by atoms with Crippen LogP contribution >= 0.6 is 0 Å². The van der Waals surface area contributed by atoms with E-state index in [2.05, 4.69) is 23.3 Å². The summed E-state index contributed by atoms with van der Waals surface area (Å²) in [6.07, 6.45) is -3.92. The van der Waals surface area contributed by atoms with Crippen LogP contribution in [-0.4, -0.2) is 16.3 Å². The van der Waals surface area contributed by atoms with Crippen molar-refractivity contribution in [2.24, 2.45) is 5.73 Å². The van der Waals surface area contributed by atoms with Crippen molar-refractivity contribution >= 4 is 5.57 Å². The van der Waals surface area contributed by atoms with Crippen molar-refractivity contribution in [3.63, 3.8) is 0 Å². The van der Waals surface area contributed by atoms with Gasteiger partial charge < -0.3 is 10.3 Å². The van der Waals surface area contributed by atoms with Crippen LogP contribution in [0.3, 0.4) is 0 Å². The molecule has 7 heteroatoms. The van der Waals surface area contributed by atoms with E-state index >= 15 is 0 Å². The van der Waals surface area contributed by atoms with Gasteiger partial charge in [0.05, 0.1) is 28.2 Å². The molecule has 0 unspecified atom stereocenters. The second-order valence-corrected chi connectivity index (χ2v) is 5.54. The lowest BCUT2D eigenvalue weighted by Crippen LogP contribution is -2.17. The van der Waals surface area contributed by atoms with Gasteiger partial charge in [0.1, 0.15) is 5.76 Å². The van der Waals surface area contributed by atoms with Crippen molar-refractivity contribution < 1.29 is 17.7 Å². The second kappa shape index (κ2) is 6.58. The topological polar surface area (TPSA) is 64.9 Å². The van der Waals surface area contributed by atoms with Gasteiger partial charge in [0.2, 0.25) is 0 Å². The summed E-state index contributed by atoms with van der Waals surface area (Å²) >= 11 is 0. The first-order valence-corrected chi connectivity index (χ1v) is 7.37. The number of nitrogens with two attached hydrogens (primary N) is 1. The number of aryl methyl sites for hydroxylation is 3. The Labute approximate surface area is 143 Å². The highest BCUT2D eigenvalue weighted by Gasteiger charge is 2.34. The number of rotatable bonds is 4. The molecule has 0 saturated heterocycles. The maximum Gasteiger partial charge on any atom is 0.418 e. The van der Waals surface area contributed by atoms with Crippen LogP contribution in [0, 0.1) is 20.8 Å². The fourth-order valence-electron chi connectivity index (χ4n) is 2.55. The van der Waals surface area contributed by atoms with Gasteiger partial charge in [-0.25, -0.2) is 0 Å². The molecule has 25 heavy (non-hydrogen) atoms. The Morgan fingerprint density at radius 1 is 1.20 bits per heavy atom. The van der Waals surface area contributed by atoms with E-state index < -0.39 is 17.4 Å². The summed E-state index contributed by atoms with van der Waals surface area (Å²) in [4.78, 5) is 4.44. The predicted octanol–water partition coefficient (Wildman–Crippen LogP) is 4.64. The summed E-state index contributed by atoms with van der Waals surface area (Å²) in [5.74, 6) is 0.612. The third-order valence-corrected chi connectivity index (χ3v) is 3.83. The molecule has 0 aliphatic heterocycles. The molecule has 0 fully saturated rings. The van der Waals surface area contributed by atoms with Crippen molar-refractivity contribution in [3.05, 3.63) is 65.3 Å². The Balaban J connectivity index is 2.50. The minimum atomic E-state index is -4.60. The average Bonchev–Trinajstić information content (AvgIpc) is 2.84. The third kappa shape index (κ3) is 3.50. The van der Waals surface area contributed by atoms with Crippen LogP contribution in [0.2, 0.25) is 0 Å². The molecule has 2 aromatic heterocycles. The molecule has 0 radical (unpaired) electrons. The van der Waals surface area contributed by atoms with Crippen LogP contribution in [0.15, 0.2) is 47.2 Å². The van der Waals surface area contributed by atoms with Crippen LogP contribution in [0.25, 0.3) is 16.8 Å². The summed E-state index contributed by atoms with van der Waals surface area (Å²) in [5.41, 5.74) is 7.20. The Morgan fingerprint density at radius 3 is 2.28 bits per heavy atom. The minimum Gasteiger partial charge on any atom is -0.398 e. The number of allylic oxidation sites excluding steroid dienone is 3. The second-order valence-electron chi connectivity index (χ2n) is 5.54. The summed E-state index contributed by atoms with van der Waals surface area (Å²) in [7, 11) is 0. The van der Waals surface area contributed by atoms with E-state index in [9.17, 15) is 13.2 Å². The van der Waals surface area contributed by atoms with Gasteiger partial charge in [0, 0.05) is 11.3 Å². The molecule has 2 heterocycles. The Morgan fingerprint density at radius 2 is 1.84 bits per heavy atom. The van der Waals surface area contributed by atoms with Crippen LogP contribution < -0.4 is 5.73 Å². The van der Waals surface area contributed by atoms with Crippen LogP contribution in [-0.2, 0) is 0 Å². The highest BCUT2D eigenvalue weighted by atomic mass is 19.4. The molecule has 0 amide bonds. The summed E-state index contributed by atoms with van der Waals surface area (Å²) < 4.78 is 44.1. The number of aromatic nitrogens is 2. The van der Waals surface area contributed by atoms with Crippen molar-refractivity contribution in [1.29, 1.82) is 0 Å². The molecule has 0 aliphatic carbocycles. The fraction of sp³-hybridized carbons (Fsp3) is 0.222. The molecule has 2 N–H and O–H groups in total. The van der Waals surface area contributed by atoms with E-state index in [1.54, 1.807) is 32.9 Å². The third-order valence-electron chi connectivity index (χ3n) is 3.83. The molecule has 0 atom stereocenters. The number of halogens is 3. The monoisotopic (exact) mass is 349 g/mol. The summed E-state index contributed by atoms with van der Waals surface area (Å²) in [6.45, 7) is 12.1. The molecule has 0 saturated carbocycles. The number of pyridine rings is 1. The molecule has 4 nitrogen and oxygen atoms in total. The van der Waals surface area contributed by atoms with Gasteiger partial charge in [0.15, 0.2) is 0 Å². The Hall–Kier alpha value is -2.83. The number of hydrogen-bond acceptors (Lipinski definition) is 4. The van der Waals surface area contributed by atoms with Crippen molar-refractivity contribution in [2.45, 2.75) is 26.9 Å². The molecular formula is C18H18F3N3O. The van der Waals surface area contributed by atoms with Gasteiger partial charge in [-0.15, -0.1) is 0 Å². The zero-order valence-corrected chi connectivity index (χ0v) is 14.2. The SMILES string of the molecule is C=C/C(=C(\N)C(=C)c1ccc(-c2c(C)noc2C)nc1C)C(F)(F)F. The number of hydrogen-bond donors (Lipinski definition) is 1. The quantitative estimate of drug-likeness (QED) is 0.817. The first-order chi connectivity index (χ1) is 11.6. The Kier molecular flexibility index (Phi) is 4.87. The maximum absolute atomic E-state index is 13.0. The highest BCUT2D eigenvalue weighted by molar-refractivity contribution is 5.80. The van der Waals surface area contributed by atoms with Crippen molar-refractivity contribution in [3.8, 4) is 11.3 Å². The van der Waals surface area contributed by atoms with E-state index in [-0.39, 0.29) is 5.57 Å². The van der Waals surface area contributed by atoms with Crippen molar-refractivity contribution in [1.82, 2.24) is 10.1 Å². The molecule has 0 spiro atoms. The first kappa shape index (κ1) is 18.5. The van der Waals surface area contributed by atoms with E-state index in [1.165, 1.54) is 0 Å². The maximum atomic E-state index is 13.0. The molecule has 0 aromatic carbocycles. The van der Waals surface area contributed by atoms with Crippen LogP contribution in [0.1, 0.15) is 22.7 Å². The smallest absolute Gasteiger partial charge is 0.398 e. The minimum absolute atomic E-state index is 0.0440. The van der Waals surface area contributed by atoms with Gasteiger partial charge in [-0.3, -0.25) is 4.98 Å². The highest BCUT2D eigenvalue weighted by Crippen LogP contribution is 2.33.